The summed E-state index contributed by atoms with van der Waals surface area (Å²) in [5.74, 6) is 0.210. The zero-order valence-corrected chi connectivity index (χ0v) is 14.9. The zero-order chi connectivity index (χ0) is 15.8. The molecule has 2 N–H and O–H groups in total. The quantitative estimate of drug-likeness (QED) is 0.613. The molecule has 0 saturated carbocycles. The minimum Gasteiger partial charge on any atom is -0.317 e. The highest BCUT2D eigenvalue weighted by molar-refractivity contribution is 7.89. The number of hydrogen-bond acceptors (Lipinski definition) is 4. The topological polar surface area (TPSA) is 58.2 Å². The van der Waals surface area contributed by atoms with E-state index in [4.69, 9.17) is 0 Å². The summed E-state index contributed by atoms with van der Waals surface area (Å²) in [6.45, 7) is 8.59. The number of nitrogens with one attached hydrogen (secondary N) is 2. The second-order valence-corrected chi connectivity index (χ2v) is 8.83. The lowest BCUT2D eigenvalue weighted by Gasteiger charge is -2.23. The predicted molar refractivity (Wildman–Crippen MR) is 91.5 cm³/mol. The monoisotopic (exact) mass is 332 g/mol. The van der Waals surface area contributed by atoms with Crippen molar-refractivity contribution < 1.29 is 8.42 Å². The fourth-order valence-electron chi connectivity index (χ4n) is 1.96. The average molecular weight is 333 g/mol. The van der Waals surface area contributed by atoms with Gasteiger partial charge in [-0.25, -0.2) is 13.1 Å². The van der Waals surface area contributed by atoms with E-state index in [1.165, 1.54) is 4.88 Å². The van der Waals surface area contributed by atoms with Gasteiger partial charge in [0.05, 0.1) is 5.75 Å². The van der Waals surface area contributed by atoms with Crippen LogP contribution in [-0.4, -0.2) is 33.8 Å². The van der Waals surface area contributed by atoms with Crippen molar-refractivity contribution in [3.63, 3.8) is 0 Å². The minimum absolute atomic E-state index is 0.163. The van der Waals surface area contributed by atoms with Crippen LogP contribution >= 0.6 is 11.3 Å². The molecule has 0 saturated heterocycles. The Kier molecular flexibility index (Phi) is 7.87. The van der Waals surface area contributed by atoms with Crippen LogP contribution in [0, 0.1) is 0 Å². The van der Waals surface area contributed by atoms with Crippen molar-refractivity contribution in [3.05, 3.63) is 22.4 Å². The standard InChI is InChI=1S/C15H28N2O2S2/c1-4-9-16-10-5-6-12-21(18,19)17-13-15(2,3)14-8-7-11-20-14/h7-8,11,16-17H,4-6,9-10,12-13H2,1-3H3. The first-order chi connectivity index (χ1) is 9.87. The summed E-state index contributed by atoms with van der Waals surface area (Å²) in [5.41, 5.74) is -0.163. The first kappa shape index (κ1) is 18.6. The third kappa shape index (κ3) is 7.40. The molecule has 0 spiro atoms. The number of hydrogen-bond donors (Lipinski definition) is 2. The van der Waals surface area contributed by atoms with Crippen molar-refractivity contribution in [1.29, 1.82) is 0 Å². The molecule has 1 rings (SSSR count). The Hall–Kier alpha value is -0.430. The molecule has 0 unspecified atom stereocenters. The molecule has 1 heterocycles. The van der Waals surface area contributed by atoms with Crippen molar-refractivity contribution in [1.82, 2.24) is 10.0 Å². The first-order valence-electron chi connectivity index (χ1n) is 7.59. The highest BCUT2D eigenvalue weighted by atomic mass is 32.2. The van der Waals surface area contributed by atoms with Gasteiger partial charge in [0.15, 0.2) is 0 Å². The Morgan fingerprint density at radius 2 is 2.00 bits per heavy atom. The third-order valence-electron chi connectivity index (χ3n) is 3.37. The van der Waals surface area contributed by atoms with E-state index >= 15 is 0 Å². The maximum atomic E-state index is 12.0. The molecule has 0 aliphatic heterocycles. The number of unbranched alkanes of at least 4 members (excludes halogenated alkanes) is 1. The summed E-state index contributed by atoms with van der Waals surface area (Å²) >= 11 is 1.67. The predicted octanol–water partition coefficient (Wildman–Crippen LogP) is 2.72. The third-order valence-corrected chi connectivity index (χ3v) is 6.01. The Bertz CT molecular complexity index is 482. The molecule has 21 heavy (non-hydrogen) atoms. The van der Waals surface area contributed by atoms with E-state index in [0.717, 1.165) is 25.9 Å². The maximum absolute atomic E-state index is 12.0. The van der Waals surface area contributed by atoms with Gasteiger partial charge < -0.3 is 5.32 Å². The molecule has 0 aromatic carbocycles. The highest BCUT2D eigenvalue weighted by Gasteiger charge is 2.24. The van der Waals surface area contributed by atoms with Crippen LogP contribution in [0.4, 0.5) is 0 Å². The van der Waals surface area contributed by atoms with Gasteiger partial charge in [-0.2, -0.15) is 0 Å². The number of thiophene rings is 1. The molecule has 1 aromatic heterocycles. The van der Waals surface area contributed by atoms with Gasteiger partial charge >= 0.3 is 0 Å². The minimum atomic E-state index is -3.17. The van der Waals surface area contributed by atoms with E-state index in [1.54, 1.807) is 11.3 Å². The molecule has 0 bridgehead atoms. The Balaban J connectivity index is 2.29. The van der Waals surface area contributed by atoms with Crippen molar-refractivity contribution in [2.24, 2.45) is 0 Å². The molecule has 122 valence electrons. The van der Waals surface area contributed by atoms with Crippen LogP contribution in [0.25, 0.3) is 0 Å². The Morgan fingerprint density at radius 1 is 1.24 bits per heavy atom. The molecule has 1 aromatic rings. The smallest absolute Gasteiger partial charge is 0.211 e. The molecule has 0 aliphatic rings. The van der Waals surface area contributed by atoms with E-state index in [9.17, 15) is 8.42 Å². The second kappa shape index (κ2) is 8.88. The van der Waals surface area contributed by atoms with Gasteiger partial charge in [-0.15, -0.1) is 11.3 Å². The van der Waals surface area contributed by atoms with E-state index in [-0.39, 0.29) is 11.2 Å². The van der Waals surface area contributed by atoms with E-state index in [1.807, 2.05) is 11.4 Å². The fraction of sp³-hybridized carbons (Fsp3) is 0.733. The molecule has 0 amide bonds. The van der Waals surface area contributed by atoms with E-state index < -0.39 is 10.0 Å². The van der Waals surface area contributed by atoms with Crippen LogP contribution in [0.3, 0.4) is 0 Å². The lowest BCUT2D eigenvalue weighted by molar-refractivity contribution is 0.507. The van der Waals surface area contributed by atoms with Crippen molar-refractivity contribution in [2.75, 3.05) is 25.4 Å². The molecule has 0 fully saturated rings. The summed E-state index contributed by atoms with van der Waals surface area (Å²) in [6, 6.07) is 4.05. The zero-order valence-electron chi connectivity index (χ0n) is 13.3. The van der Waals surface area contributed by atoms with E-state index in [2.05, 4.69) is 36.9 Å². The van der Waals surface area contributed by atoms with Gasteiger partial charge in [-0.3, -0.25) is 0 Å². The molecular formula is C15H28N2O2S2. The van der Waals surface area contributed by atoms with Gasteiger partial charge in [-0.05, 0) is 43.8 Å². The molecular weight excluding hydrogens is 304 g/mol. The van der Waals surface area contributed by atoms with Crippen LogP contribution in [-0.2, 0) is 15.4 Å². The van der Waals surface area contributed by atoms with Crippen LogP contribution in [0.1, 0.15) is 44.9 Å². The van der Waals surface area contributed by atoms with Gasteiger partial charge in [0.2, 0.25) is 10.0 Å². The summed E-state index contributed by atoms with van der Waals surface area (Å²) in [7, 11) is -3.17. The summed E-state index contributed by atoms with van der Waals surface area (Å²) in [5, 5.41) is 5.30. The van der Waals surface area contributed by atoms with Crippen LogP contribution in [0.15, 0.2) is 17.5 Å². The second-order valence-electron chi connectivity index (χ2n) is 5.96. The van der Waals surface area contributed by atoms with Crippen LogP contribution in [0.2, 0.25) is 0 Å². The van der Waals surface area contributed by atoms with E-state index in [0.29, 0.717) is 13.0 Å². The molecule has 0 atom stereocenters. The normalized spacial score (nSPS) is 12.7. The lowest BCUT2D eigenvalue weighted by atomic mass is 9.92. The van der Waals surface area contributed by atoms with Gasteiger partial charge in [0.1, 0.15) is 0 Å². The number of rotatable bonds is 11. The molecule has 0 aliphatic carbocycles. The van der Waals surface area contributed by atoms with Crippen molar-refractivity contribution >= 4 is 21.4 Å². The van der Waals surface area contributed by atoms with Crippen molar-refractivity contribution in [2.45, 2.75) is 45.4 Å². The Labute approximate surface area is 133 Å². The van der Waals surface area contributed by atoms with Crippen molar-refractivity contribution in [3.8, 4) is 0 Å². The first-order valence-corrected chi connectivity index (χ1v) is 10.1. The molecule has 0 radical (unpaired) electrons. The number of sulfonamides is 1. The van der Waals surface area contributed by atoms with Crippen LogP contribution < -0.4 is 10.0 Å². The van der Waals surface area contributed by atoms with Gasteiger partial charge in [-0.1, -0.05) is 26.8 Å². The van der Waals surface area contributed by atoms with Gasteiger partial charge in [0.25, 0.3) is 0 Å². The Morgan fingerprint density at radius 3 is 2.62 bits per heavy atom. The molecule has 6 heteroatoms. The summed E-state index contributed by atoms with van der Waals surface area (Å²) in [6.07, 6.45) is 2.71. The summed E-state index contributed by atoms with van der Waals surface area (Å²) < 4.78 is 26.8. The largest absolute Gasteiger partial charge is 0.317 e. The summed E-state index contributed by atoms with van der Waals surface area (Å²) in [4.78, 5) is 1.20. The average Bonchev–Trinajstić information content (AvgIpc) is 2.96. The maximum Gasteiger partial charge on any atom is 0.211 e. The lowest BCUT2D eigenvalue weighted by Crippen LogP contribution is -2.37. The highest BCUT2D eigenvalue weighted by Crippen LogP contribution is 2.26. The van der Waals surface area contributed by atoms with Crippen LogP contribution in [0.5, 0.6) is 0 Å². The van der Waals surface area contributed by atoms with Gasteiger partial charge in [0, 0.05) is 16.8 Å². The fourth-order valence-corrected chi connectivity index (χ4v) is 4.12. The molecule has 4 nitrogen and oxygen atoms in total. The SMILES string of the molecule is CCCNCCCCS(=O)(=O)NCC(C)(C)c1cccs1.